The molecule has 0 aliphatic carbocycles. The van der Waals surface area contributed by atoms with E-state index in [1.807, 2.05) is 18.2 Å². The number of benzene rings is 1. The monoisotopic (exact) mass is 312 g/mol. The Morgan fingerprint density at radius 2 is 2.04 bits per heavy atom. The molecular weight excluding hydrogens is 292 g/mol. The van der Waals surface area contributed by atoms with E-state index in [0.29, 0.717) is 12.1 Å². The number of rotatable bonds is 4. The molecule has 1 fully saturated rings. The number of carbonyl (C=O) groups is 1. The van der Waals surface area contributed by atoms with Crippen LogP contribution in [0, 0.1) is 5.92 Å². The summed E-state index contributed by atoms with van der Waals surface area (Å²) in [5.74, 6) is 0.0662. The van der Waals surface area contributed by atoms with Crippen LogP contribution < -0.4 is 10.9 Å². The van der Waals surface area contributed by atoms with Crippen LogP contribution in [0.1, 0.15) is 34.9 Å². The molecule has 120 valence electrons. The van der Waals surface area contributed by atoms with Crippen molar-refractivity contribution in [1.29, 1.82) is 0 Å². The van der Waals surface area contributed by atoms with Crippen molar-refractivity contribution in [3.63, 3.8) is 0 Å². The molecule has 1 aliphatic heterocycles. The summed E-state index contributed by atoms with van der Waals surface area (Å²) in [6.45, 7) is 1.31. The first-order valence-electron chi connectivity index (χ1n) is 7.87. The van der Waals surface area contributed by atoms with Gasteiger partial charge in [-0.25, -0.2) is 0 Å². The Morgan fingerprint density at radius 1 is 1.22 bits per heavy atom. The zero-order valence-corrected chi connectivity index (χ0v) is 12.8. The van der Waals surface area contributed by atoms with Crippen LogP contribution in [0.25, 0.3) is 0 Å². The Hall–Kier alpha value is -2.40. The Morgan fingerprint density at radius 3 is 2.78 bits per heavy atom. The molecule has 5 heteroatoms. The summed E-state index contributed by atoms with van der Waals surface area (Å²) in [6.07, 6.45) is 3.47. The molecule has 0 spiro atoms. The van der Waals surface area contributed by atoms with Gasteiger partial charge < -0.3 is 15.0 Å². The minimum atomic E-state index is -0.216. The van der Waals surface area contributed by atoms with E-state index in [9.17, 15) is 9.59 Å². The highest BCUT2D eigenvalue weighted by Gasteiger charge is 2.27. The van der Waals surface area contributed by atoms with Gasteiger partial charge in [-0.1, -0.05) is 30.3 Å². The molecule has 5 nitrogen and oxygen atoms in total. The third kappa shape index (κ3) is 3.87. The number of amides is 1. The highest BCUT2D eigenvalue weighted by molar-refractivity contribution is 5.93. The zero-order chi connectivity index (χ0) is 16.1. The van der Waals surface area contributed by atoms with E-state index in [2.05, 4.69) is 22.4 Å². The van der Waals surface area contributed by atoms with Crippen molar-refractivity contribution >= 4 is 5.91 Å². The van der Waals surface area contributed by atoms with Gasteiger partial charge in [0.15, 0.2) is 0 Å². The normalized spacial score (nSPS) is 20.9. The van der Waals surface area contributed by atoms with Gasteiger partial charge in [0.05, 0.1) is 11.7 Å². The first-order chi connectivity index (χ1) is 11.2. The van der Waals surface area contributed by atoms with Gasteiger partial charge in [0.25, 0.3) is 5.91 Å². The first-order valence-corrected chi connectivity index (χ1v) is 7.87. The molecule has 1 amide bonds. The van der Waals surface area contributed by atoms with Crippen molar-refractivity contribution in [3.8, 4) is 0 Å². The fourth-order valence-corrected chi connectivity index (χ4v) is 2.94. The van der Waals surface area contributed by atoms with Crippen LogP contribution >= 0.6 is 0 Å². The van der Waals surface area contributed by atoms with Gasteiger partial charge in [-0.15, -0.1) is 0 Å². The van der Waals surface area contributed by atoms with E-state index in [1.54, 1.807) is 0 Å². The fraction of sp³-hybridized carbons (Fsp3) is 0.333. The Balaban J connectivity index is 1.64. The highest BCUT2D eigenvalue weighted by atomic mass is 16.5. The second-order valence-corrected chi connectivity index (χ2v) is 5.76. The molecule has 23 heavy (non-hydrogen) atoms. The Bertz CT molecular complexity index is 691. The van der Waals surface area contributed by atoms with Gasteiger partial charge in [-0.3, -0.25) is 9.59 Å². The summed E-state index contributed by atoms with van der Waals surface area (Å²) in [7, 11) is 0. The van der Waals surface area contributed by atoms with Gasteiger partial charge in [0.1, 0.15) is 0 Å². The predicted molar refractivity (Wildman–Crippen MR) is 87.3 cm³/mol. The first kappa shape index (κ1) is 15.5. The average molecular weight is 312 g/mol. The van der Waals surface area contributed by atoms with Crippen molar-refractivity contribution in [2.45, 2.75) is 18.9 Å². The summed E-state index contributed by atoms with van der Waals surface area (Å²) >= 11 is 0. The lowest BCUT2D eigenvalue weighted by Crippen LogP contribution is -2.35. The molecule has 2 aromatic rings. The fourth-order valence-electron chi connectivity index (χ4n) is 2.94. The number of aromatic nitrogens is 1. The number of ether oxygens (including phenoxy) is 1. The SMILES string of the molecule is O=C(NCC1CCCOC1c1ccccc1)c1ccc(=O)[nH]c1. The third-order valence-corrected chi connectivity index (χ3v) is 4.14. The Kier molecular flexibility index (Phi) is 4.88. The molecule has 0 bridgehead atoms. The molecule has 3 rings (SSSR count). The predicted octanol–water partition coefficient (Wildman–Crippen LogP) is 2.27. The van der Waals surface area contributed by atoms with Gasteiger partial charge in [0.2, 0.25) is 5.56 Å². The standard InChI is InChI=1S/C18H20N2O3/c21-16-9-8-15(12-19-16)18(22)20-11-14-7-4-10-23-17(14)13-5-2-1-3-6-13/h1-3,5-6,8-9,12,14,17H,4,7,10-11H2,(H,19,21)(H,20,22). The van der Waals surface area contributed by atoms with E-state index in [-0.39, 0.29) is 23.5 Å². The molecule has 0 radical (unpaired) electrons. The summed E-state index contributed by atoms with van der Waals surface area (Å²) in [5.41, 5.74) is 1.39. The van der Waals surface area contributed by atoms with E-state index >= 15 is 0 Å². The topological polar surface area (TPSA) is 71.2 Å². The molecule has 2 unspecified atom stereocenters. The van der Waals surface area contributed by atoms with Crippen LogP contribution in [0.2, 0.25) is 0 Å². The average Bonchev–Trinajstić information content (AvgIpc) is 2.61. The summed E-state index contributed by atoms with van der Waals surface area (Å²) in [4.78, 5) is 25.7. The largest absolute Gasteiger partial charge is 0.373 e. The van der Waals surface area contributed by atoms with Crippen molar-refractivity contribution < 1.29 is 9.53 Å². The van der Waals surface area contributed by atoms with Gasteiger partial charge in [-0.2, -0.15) is 0 Å². The maximum atomic E-state index is 12.2. The minimum absolute atomic E-state index is 0.0147. The number of hydrogen-bond acceptors (Lipinski definition) is 3. The summed E-state index contributed by atoms with van der Waals surface area (Å²) in [5, 5.41) is 2.95. The van der Waals surface area contributed by atoms with Crippen LogP contribution in [-0.4, -0.2) is 24.0 Å². The molecular formula is C18H20N2O3. The lowest BCUT2D eigenvalue weighted by molar-refractivity contribution is -0.0272. The van der Waals surface area contributed by atoms with Crippen molar-refractivity contribution in [2.24, 2.45) is 5.92 Å². The van der Waals surface area contributed by atoms with Crippen molar-refractivity contribution in [2.75, 3.05) is 13.2 Å². The number of H-pyrrole nitrogens is 1. The molecule has 1 aliphatic rings. The van der Waals surface area contributed by atoms with Crippen molar-refractivity contribution in [1.82, 2.24) is 10.3 Å². The number of nitrogens with one attached hydrogen (secondary N) is 2. The van der Waals surface area contributed by atoms with Gasteiger partial charge in [0, 0.05) is 31.3 Å². The van der Waals surface area contributed by atoms with Crippen molar-refractivity contribution in [3.05, 3.63) is 70.1 Å². The van der Waals surface area contributed by atoms with Crippen LogP contribution in [0.5, 0.6) is 0 Å². The Labute approximate surface area is 134 Å². The summed E-state index contributed by atoms with van der Waals surface area (Å²) in [6, 6.07) is 13.0. The molecule has 1 aromatic carbocycles. The number of pyridine rings is 1. The van der Waals surface area contributed by atoms with Crippen LogP contribution in [0.4, 0.5) is 0 Å². The maximum Gasteiger partial charge on any atom is 0.252 e. The lowest BCUT2D eigenvalue weighted by atomic mass is 9.89. The number of aromatic amines is 1. The van der Waals surface area contributed by atoms with Gasteiger partial charge in [-0.05, 0) is 24.5 Å². The minimum Gasteiger partial charge on any atom is -0.373 e. The van der Waals surface area contributed by atoms with Gasteiger partial charge >= 0.3 is 0 Å². The number of carbonyl (C=O) groups excluding carboxylic acids is 1. The second kappa shape index (κ2) is 7.24. The maximum absolute atomic E-state index is 12.2. The smallest absolute Gasteiger partial charge is 0.252 e. The second-order valence-electron chi connectivity index (χ2n) is 5.76. The van der Waals surface area contributed by atoms with Crippen LogP contribution in [0.15, 0.2) is 53.5 Å². The molecule has 2 N–H and O–H groups in total. The molecule has 2 heterocycles. The van der Waals surface area contributed by atoms with Crippen LogP contribution in [-0.2, 0) is 4.74 Å². The molecule has 1 saturated heterocycles. The third-order valence-electron chi connectivity index (χ3n) is 4.14. The van der Waals surface area contributed by atoms with E-state index in [0.717, 1.165) is 25.0 Å². The highest BCUT2D eigenvalue weighted by Crippen LogP contribution is 2.33. The quantitative estimate of drug-likeness (QED) is 0.910. The van der Waals surface area contributed by atoms with E-state index in [1.165, 1.54) is 18.3 Å². The van der Waals surface area contributed by atoms with Crippen LogP contribution in [0.3, 0.4) is 0 Å². The zero-order valence-electron chi connectivity index (χ0n) is 12.8. The summed E-state index contributed by atoms with van der Waals surface area (Å²) < 4.78 is 5.93. The molecule has 1 aromatic heterocycles. The van der Waals surface area contributed by atoms with E-state index in [4.69, 9.17) is 4.74 Å². The lowest BCUT2D eigenvalue weighted by Gasteiger charge is -2.32. The molecule has 0 saturated carbocycles. The van der Waals surface area contributed by atoms with E-state index < -0.39 is 0 Å². The number of hydrogen-bond donors (Lipinski definition) is 2. The molecule has 2 atom stereocenters.